The molecule has 0 aromatic heterocycles. The predicted molar refractivity (Wildman–Crippen MR) is 71.9 cm³/mol. The zero-order valence-electron chi connectivity index (χ0n) is 17.5. The second-order valence-electron chi connectivity index (χ2n) is 5.62. The second-order valence-corrected chi connectivity index (χ2v) is 5.62. The molecular formula is C14H18BF3O2. The van der Waals surface area contributed by atoms with Gasteiger partial charge in [-0.05, 0) is 46.1 Å². The van der Waals surface area contributed by atoms with Crippen LogP contribution in [0.4, 0.5) is 13.2 Å². The maximum Gasteiger partial charge on any atom is 0.494 e. The van der Waals surface area contributed by atoms with Crippen LogP contribution in [0, 0.1) is 6.85 Å². The summed E-state index contributed by atoms with van der Waals surface area (Å²) >= 11 is 0. The van der Waals surface area contributed by atoms with Gasteiger partial charge in [-0.2, -0.15) is 13.2 Å². The van der Waals surface area contributed by atoms with Crippen molar-refractivity contribution in [1.29, 1.82) is 0 Å². The van der Waals surface area contributed by atoms with Crippen molar-refractivity contribution < 1.29 is 30.7 Å². The fourth-order valence-electron chi connectivity index (χ4n) is 1.71. The summed E-state index contributed by atoms with van der Waals surface area (Å²) in [5, 5.41) is 0. The summed E-state index contributed by atoms with van der Waals surface area (Å²) in [6.07, 6.45) is -5.14. The van der Waals surface area contributed by atoms with Gasteiger partial charge < -0.3 is 9.31 Å². The molecule has 1 saturated heterocycles. The summed E-state index contributed by atoms with van der Waals surface area (Å²) in [6.45, 7) is 3.39. The van der Waals surface area contributed by atoms with E-state index in [9.17, 15) is 13.2 Å². The minimum atomic E-state index is -5.14. The molecule has 1 fully saturated rings. The molecule has 1 aromatic carbocycles. The summed E-state index contributed by atoms with van der Waals surface area (Å²) in [6, 6.07) is -3.45. The van der Waals surface area contributed by atoms with E-state index in [1.54, 1.807) is 27.7 Å². The van der Waals surface area contributed by atoms with Crippen LogP contribution in [0.2, 0.25) is 0 Å². The SMILES string of the molecule is [2H]c1c(B2OC(C)(C)C(C)(C)O2)c([2H])c(C(F)(F)F)c([2H])c1C([2H])([2H])[2H]. The molecule has 1 aliphatic rings. The van der Waals surface area contributed by atoms with Crippen molar-refractivity contribution in [2.24, 2.45) is 0 Å². The Morgan fingerprint density at radius 3 is 2.10 bits per heavy atom. The van der Waals surface area contributed by atoms with Crippen molar-refractivity contribution in [3.8, 4) is 0 Å². The van der Waals surface area contributed by atoms with Crippen LogP contribution in [0.1, 0.15) is 47.0 Å². The molecule has 0 bridgehead atoms. The molecule has 2 nitrogen and oxygen atoms in total. The number of halogens is 3. The number of rotatable bonds is 1. The molecule has 0 atom stereocenters. The average molecular weight is 292 g/mol. The predicted octanol–water partition coefficient (Wildman–Crippen LogP) is 3.31. The first-order chi connectivity index (χ1) is 11.4. The van der Waals surface area contributed by atoms with Gasteiger partial charge in [0.25, 0.3) is 0 Å². The number of hydrogen-bond acceptors (Lipinski definition) is 2. The first kappa shape index (κ1) is 9.10. The highest BCUT2D eigenvalue weighted by Gasteiger charge is 2.52. The fraction of sp³-hybridized carbons (Fsp3) is 0.571. The monoisotopic (exact) mass is 292 g/mol. The lowest BCUT2D eigenvalue weighted by Crippen LogP contribution is -2.41. The Kier molecular flexibility index (Phi) is 2.05. The molecule has 0 spiro atoms. The third kappa shape index (κ3) is 2.72. The maximum atomic E-state index is 13.4. The molecule has 2 rings (SSSR count). The average Bonchev–Trinajstić information content (AvgIpc) is 2.53. The Balaban J connectivity index is 2.83. The Morgan fingerprint density at radius 2 is 1.65 bits per heavy atom. The van der Waals surface area contributed by atoms with Gasteiger partial charge in [0, 0.05) is 4.11 Å². The number of alkyl halides is 3. The summed E-state index contributed by atoms with van der Waals surface area (Å²) in [5.41, 5.74) is -5.36. The highest BCUT2D eigenvalue weighted by molar-refractivity contribution is 6.62. The summed E-state index contributed by atoms with van der Waals surface area (Å²) in [5.74, 6) is 0. The Morgan fingerprint density at radius 1 is 1.10 bits per heavy atom. The van der Waals surface area contributed by atoms with Crippen molar-refractivity contribution in [2.75, 3.05) is 0 Å². The van der Waals surface area contributed by atoms with Crippen molar-refractivity contribution >= 4 is 12.6 Å². The van der Waals surface area contributed by atoms with Crippen molar-refractivity contribution in [2.45, 2.75) is 51.9 Å². The van der Waals surface area contributed by atoms with Crippen LogP contribution in [0.3, 0.4) is 0 Å². The fourth-order valence-corrected chi connectivity index (χ4v) is 1.71. The van der Waals surface area contributed by atoms with Gasteiger partial charge in [-0.1, -0.05) is 17.6 Å². The number of hydrogen-bond donors (Lipinski definition) is 0. The molecule has 0 aliphatic carbocycles. The van der Waals surface area contributed by atoms with Crippen molar-refractivity contribution in [3.05, 3.63) is 29.3 Å². The molecule has 1 aliphatic heterocycles. The van der Waals surface area contributed by atoms with Gasteiger partial charge in [-0.25, -0.2) is 0 Å². The van der Waals surface area contributed by atoms with E-state index in [0.717, 1.165) is 0 Å². The highest BCUT2D eigenvalue weighted by atomic mass is 19.4. The van der Waals surface area contributed by atoms with Gasteiger partial charge in [-0.15, -0.1) is 0 Å². The van der Waals surface area contributed by atoms with Crippen LogP contribution in [0.15, 0.2) is 18.1 Å². The molecule has 0 N–H and O–H groups in total. The van der Waals surface area contributed by atoms with Crippen LogP contribution in [0.5, 0.6) is 0 Å². The van der Waals surface area contributed by atoms with Gasteiger partial charge in [0.15, 0.2) is 0 Å². The lowest BCUT2D eigenvalue weighted by Gasteiger charge is -2.32. The zero-order chi connectivity index (χ0) is 20.5. The molecule has 1 heterocycles. The Labute approximate surface area is 125 Å². The van der Waals surface area contributed by atoms with Gasteiger partial charge in [0.1, 0.15) is 0 Å². The molecule has 0 amide bonds. The van der Waals surface area contributed by atoms with E-state index >= 15 is 0 Å². The third-order valence-corrected chi connectivity index (χ3v) is 3.54. The summed E-state index contributed by atoms with van der Waals surface area (Å²) in [4.78, 5) is 0. The van der Waals surface area contributed by atoms with Crippen LogP contribution in [-0.4, -0.2) is 18.3 Å². The standard InChI is InChI=1S/C14H18BF3O2/c1-9-6-10(14(16,17)18)8-11(7-9)15-19-12(2,3)13(4,5)20-15/h6-8H,1-5H3/i1D3,6D,7D,8D. The minimum absolute atomic E-state index is 0.641. The van der Waals surface area contributed by atoms with Gasteiger partial charge >= 0.3 is 13.3 Å². The molecule has 0 saturated carbocycles. The molecule has 0 unspecified atom stereocenters. The second kappa shape index (κ2) is 4.50. The smallest absolute Gasteiger partial charge is 0.399 e. The van der Waals surface area contributed by atoms with Gasteiger partial charge in [0.05, 0.1) is 20.9 Å². The van der Waals surface area contributed by atoms with Crippen LogP contribution in [0.25, 0.3) is 0 Å². The van der Waals surface area contributed by atoms with Crippen LogP contribution < -0.4 is 5.46 Å². The quantitative estimate of drug-likeness (QED) is 0.739. The van der Waals surface area contributed by atoms with E-state index in [-0.39, 0.29) is 0 Å². The van der Waals surface area contributed by atoms with Gasteiger partial charge in [0.2, 0.25) is 0 Å². The van der Waals surface area contributed by atoms with E-state index in [2.05, 4.69) is 0 Å². The van der Waals surface area contributed by atoms with Crippen molar-refractivity contribution in [1.82, 2.24) is 0 Å². The molecular weight excluding hydrogens is 268 g/mol. The molecule has 20 heavy (non-hydrogen) atoms. The maximum absolute atomic E-state index is 13.4. The molecule has 110 valence electrons. The van der Waals surface area contributed by atoms with E-state index in [1.165, 1.54) is 0 Å². The third-order valence-electron chi connectivity index (χ3n) is 3.54. The Bertz CT molecular complexity index is 689. The topological polar surface area (TPSA) is 18.5 Å². The molecule has 6 heteroatoms. The highest BCUT2D eigenvalue weighted by Crippen LogP contribution is 2.37. The normalized spacial score (nSPS) is 26.2. The van der Waals surface area contributed by atoms with Crippen molar-refractivity contribution in [3.63, 3.8) is 0 Å². The zero-order valence-corrected chi connectivity index (χ0v) is 11.5. The van der Waals surface area contributed by atoms with Crippen LogP contribution >= 0.6 is 0 Å². The minimum Gasteiger partial charge on any atom is -0.399 e. The lowest BCUT2D eigenvalue weighted by atomic mass is 9.77. The summed E-state index contributed by atoms with van der Waals surface area (Å²) < 4.78 is 97.4. The first-order valence-electron chi connectivity index (χ1n) is 8.99. The lowest BCUT2D eigenvalue weighted by molar-refractivity contribution is -0.137. The van der Waals surface area contributed by atoms with E-state index in [4.69, 9.17) is 17.5 Å². The summed E-state index contributed by atoms with van der Waals surface area (Å²) in [7, 11) is -1.53. The molecule has 0 radical (unpaired) electrons. The van der Waals surface area contributed by atoms with E-state index in [0.29, 0.717) is 0 Å². The van der Waals surface area contributed by atoms with Crippen LogP contribution in [-0.2, 0) is 15.5 Å². The Hall–Kier alpha value is -1.01. The van der Waals surface area contributed by atoms with Gasteiger partial charge in [-0.3, -0.25) is 0 Å². The van der Waals surface area contributed by atoms with E-state index in [1.807, 2.05) is 0 Å². The molecule has 1 aromatic rings. The first-order valence-corrected chi connectivity index (χ1v) is 5.99. The number of benzene rings is 1. The van der Waals surface area contributed by atoms with E-state index < -0.39 is 66.1 Å². The largest absolute Gasteiger partial charge is 0.494 e.